The molecule has 1 amide bonds. The van der Waals surface area contributed by atoms with Gasteiger partial charge in [-0.3, -0.25) is 4.79 Å². The zero-order valence-electron chi connectivity index (χ0n) is 16.7. The highest BCUT2D eigenvalue weighted by atomic mass is 19.4. The summed E-state index contributed by atoms with van der Waals surface area (Å²) in [4.78, 5) is 14.4. The summed E-state index contributed by atoms with van der Waals surface area (Å²) >= 11 is 0. The quantitative estimate of drug-likeness (QED) is 0.570. The largest absolute Gasteiger partial charge is 0.497 e. The second-order valence-electron chi connectivity index (χ2n) is 6.73. The van der Waals surface area contributed by atoms with E-state index >= 15 is 0 Å². The van der Waals surface area contributed by atoms with Crippen molar-refractivity contribution in [3.63, 3.8) is 0 Å². The van der Waals surface area contributed by atoms with Crippen LogP contribution in [0.4, 0.5) is 24.5 Å². The van der Waals surface area contributed by atoms with Crippen molar-refractivity contribution in [1.82, 2.24) is 0 Å². The van der Waals surface area contributed by atoms with Crippen LogP contribution in [0.2, 0.25) is 0 Å². The van der Waals surface area contributed by atoms with Crippen molar-refractivity contribution in [2.24, 2.45) is 0 Å². The molecule has 0 saturated carbocycles. The van der Waals surface area contributed by atoms with Gasteiger partial charge in [0.1, 0.15) is 17.4 Å². The molecule has 0 bridgehead atoms. The standard InChI is InChI=1S/C22H20F3N3O3/c1-30-18-4-2-3-15(12-18)11-16(14-26)21(29)27-19-6-5-17(22(23,24)25)13-20(19)28-7-9-31-10-8-28/h2-6,11-13H,7-10H2,1H3,(H,27,29)/b16-11-. The molecule has 1 saturated heterocycles. The number of halogens is 3. The molecule has 0 unspecified atom stereocenters. The number of nitriles is 1. The van der Waals surface area contributed by atoms with Crippen molar-refractivity contribution in [2.45, 2.75) is 6.18 Å². The van der Waals surface area contributed by atoms with Gasteiger partial charge in [0, 0.05) is 13.1 Å². The molecule has 0 spiro atoms. The highest BCUT2D eigenvalue weighted by Gasteiger charge is 2.32. The summed E-state index contributed by atoms with van der Waals surface area (Å²) in [5.41, 5.74) is -0.0239. The molecule has 3 rings (SSSR count). The van der Waals surface area contributed by atoms with Gasteiger partial charge in [0.2, 0.25) is 0 Å². The van der Waals surface area contributed by atoms with Crippen LogP contribution in [0, 0.1) is 11.3 Å². The summed E-state index contributed by atoms with van der Waals surface area (Å²) in [6.07, 6.45) is -3.13. The maximum absolute atomic E-state index is 13.2. The predicted molar refractivity (Wildman–Crippen MR) is 110 cm³/mol. The molecule has 162 valence electrons. The summed E-state index contributed by atoms with van der Waals surface area (Å²) in [5, 5.41) is 12.0. The zero-order valence-corrected chi connectivity index (χ0v) is 16.7. The first-order valence-corrected chi connectivity index (χ1v) is 9.43. The fraction of sp³-hybridized carbons (Fsp3) is 0.273. The van der Waals surface area contributed by atoms with Crippen molar-refractivity contribution < 1.29 is 27.4 Å². The maximum atomic E-state index is 13.2. The van der Waals surface area contributed by atoms with Gasteiger partial charge >= 0.3 is 6.18 Å². The Morgan fingerprint density at radius 2 is 1.97 bits per heavy atom. The molecular weight excluding hydrogens is 411 g/mol. The minimum absolute atomic E-state index is 0.187. The van der Waals surface area contributed by atoms with Crippen LogP contribution in [0.25, 0.3) is 6.08 Å². The van der Waals surface area contributed by atoms with Crippen LogP contribution in [0.3, 0.4) is 0 Å². The van der Waals surface area contributed by atoms with Crippen LogP contribution in [-0.2, 0) is 15.7 Å². The summed E-state index contributed by atoms with van der Waals surface area (Å²) in [6.45, 7) is 1.50. The molecule has 1 heterocycles. The van der Waals surface area contributed by atoms with E-state index in [1.165, 1.54) is 19.3 Å². The van der Waals surface area contributed by atoms with E-state index in [-0.39, 0.29) is 16.9 Å². The minimum Gasteiger partial charge on any atom is -0.497 e. The van der Waals surface area contributed by atoms with E-state index in [2.05, 4.69) is 5.32 Å². The predicted octanol–water partition coefficient (Wildman–Crippen LogP) is 4.10. The number of amides is 1. The third-order valence-corrected chi connectivity index (χ3v) is 4.69. The number of hydrogen-bond donors (Lipinski definition) is 1. The van der Waals surface area contributed by atoms with Gasteiger partial charge in [0.25, 0.3) is 5.91 Å². The van der Waals surface area contributed by atoms with Crippen LogP contribution < -0.4 is 15.0 Å². The monoisotopic (exact) mass is 431 g/mol. The Kier molecular flexibility index (Phi) is 6.82. The third kappa shape index (κ3) is 5.55. The first-order chi connectivity index (χ1) is 14.8. The number of methoxy groups -OCH3 is 1. The molecule has 2 aromatic rings. The second kappa shape index (κ2) is 9.53. The lowest BCUT2D eigenvalue weighted by molar-refractivity contribution is -0.137. The molecule has 1 aliphatic rings. The first kappa shape index (κ1) is 22.2. The van der Waals surface area contributed by atoms with E-state index in [9.17, 15) is 23.2 Å². The molecule has 1 N–H and O–H groups in total. The number of carbonyl (C=O) groups is 1. The first-order valence-electron chi connectivity index (χ1n) is 9.43. The number of carbonyl (C=O) groups excluding carboxylic acids is 1. The highest BCUT2D eigenvalue weighted by molar-refractivity contribution is 6.11. The lowest BCUT2D eigenvalue weighted by Gasteiger charge is -2.31. The Labute approximate surface area is 177 Å². The van der Waals surface area contributed by atoms with Crippen LogP contribution >= 0.6 is 0 Å². The van der Waals surface area contributed by atoms with Gasteiger partial charge in [-0.2, -0.15) is 18.4 Å². The van der Waals surface area contributed by atoms with Gasteiger partial charge in [0.05, 0.1) is 37.3 Å². The Hall–Kier alpha value is -3.51. The summed E-state index contributed by atoms with van der Waals surface area (Å²) in [5.74, 6) is -0.164. The number of benzene rings is 2. The second-order valence-corrected chi connectivity index (χ2v) is 6.73. The van der Waals surface area contributed by atoms with Crippen molar-refractivity contribution in [2.75, 3.05) is 43.6 Å². The van der Waals surface area contributed by atoms with Gasteiger partial charge in [-0.25, -0.2) is 0 Å². The SMILES string of the molecule is COc1cccc(/C=C(/C#N)C(=O)Nc2ccc(C(F)(F)F)cc2N2CCOCC2)c1. The van der Waals surface area contributed by atoms with Gasteiger partial charge in [-0.1, -0.05) is 12.1 Å². The van der Waals surface area contributed by atoms with Crippen molar-refractivity contribution in [3.8, 4) is 11.8 Å². The highest BCUT2D eigenvalue weighted by Crippen LogP contribution is 2.36. The number of anilines is 2. The van der Waals surface area contributed by atoms with Crippen LogP contribution in [0.15, 0.2) is 48.0 Å². The molecule has 0 aromatic heterocycles. The van der Waals surface area contributed by atoms with Crippen LogP contribution in [0.1, 0.15) is 11.1 Å². The molecule has 9 heteroatoms. The molecule has 0 radical (unpaired) electrons. The number of alkyl halides is 3. The average molecular weight is 431 g/mol. The lowest BCUT2D eigenvalue weighted by atomic mass is 10.1. The number of morpholine rings is 1. The third-order valence-electron chi connectivity index (χ3n) is 4.69. The number of hydrogen-bond acceptors (Lipinski definition) is 5. The fourth-order valence-electron chi connectivity index (χ4n) is 3.12. The Balaban J connectivity index is 1.91. The lowest BCUT2D eigenvalue weighted by Crippen LogP contribution is -2.37. The van der Waals surface area contributed by atoms with Crippen molar-refractivity contribution in [3.05, 3.63) is 59.2 Å². The molecule has 2 aromatic carbocycles. The minimum atomic E-state index is -4.52. The smallest absolute Gasteiger partial charge is 0.416 e. The Morgan fingerprint density at radius 3 is 2.61 bits per heavy atom. The summed E-state index contributed by atoms with van der Waals surface area (Å²) in [7, 11) is 1.50. The Bertz CT molecular complexity index is 1020. The summed E-state index contributed by atoms with van der Waals surface area (Å²) < 4.78 is 50.1. The van der Waals surface area contributed by atoms with Gasteiger partial charge in [-0.15, -0.1) is 0 Å². The molecule has 6 nitrogen and oxygen atoms in total. The van der Waals surface area contributed by atoms with E-state index in [0.717, 1.165) is 12.1 Å². The van der Waals surface area contributed by atoms with E-state index in [4.69, 9.17) is 9.47 Å². The topological polar surface area (TPSA) is 74.6 Å². The van der Waals surface area contributed by atoms with E-state index < -0.39 is 17.6 Å². The average Bonchev–Trinajstić information content (AvgIpc) is 2.77. The number of ether oxygens (including phenoxy) is 2. The summed E-state index contributed by atoms with van der Waals surface area (Å²) in [6, 6.07) is 11.7. The zero-order chi connectivity index (χ0) is 22.4. The normalized spacial score (nSPS) is 14.7. The number of nitrogens with one attached hydrogen (secondary N) is 1. The van der Waals surface area contributed by atoms with E-state index in [0.29, 0.717) is 37.6 Å². The van der Waals surface area contributed by atoms with Crippen molar-refractivity contribution in [1.29, 1.82) is 5.26 Å². The van der Waals surface area contributed by atoms with E-state index in [1.54, 1.807) is 29.2 Å². The van der Waals surface area contributed by atoms with Gasteiger partial charge in [-0.05, 0) is 42.0 Å². The molecular formula is C22H20F3N3O3. The number of rotatable bonds is 5. The molecule has 0 aliphatic carbocycles. The van der Waals surface area contributed by atoms with Crippen LogP contribution in [-0.4, -0.2) is 39.3 Å². The van der Waals surface area contributed by atoms with Gasteiger partial charge in [0.15, 0.2) is 0 Å². The van der Waals surface area contributed by atoms with E-state index in [1.807, 2.05) is 6.07 Å². The molecule has 0 atom stereocenters. The molecule has 1 aliphatic heterocycles. The van der Waals surface area contributed by atoms with Crippen LogP contribution in [0.5, 0.6) is 5.75 Å². The number of nitrogens with zero attached hydrogens (tertiary/aromatic N) is 2. The maximum Gasteiger partial charge on any atom is 0.416 e. The van der Waals surface area contributed by atoms with Gasteiger partial charge < -0.3 is 19.7 Å². The molecule has 31 heavy (non-hydrogen) atoms. The Morgan fingerprint density at radius 1 is 1.23 bits per heavy atom. The molecule has 1 fully saturated rings. The fourth-order valence-corrected chi connectivity index (χ4v) is 3.12. The van der Waals surface area contributed by atoms with Crippen molar-refractivity contribution >= 4 is 23.4 Å².